The molecule has 24 heavy (non-hydrogen) atoms. The normalized spacial score (nSPS) is 11.2. The molecule has 0 spiro atoms. The Labute approximate surface area is 136 Å². The second kappa shape index (κ2) is 7.78. The van der Waals surface area contributed by atoms with Gasteiger partial charge in [-0.25, -0.2) is 4.98 Å². The lowest BCUT2D eigenvalue weighted by atomic mass is 10.2. The first-order chi connectivity index (χ1) is 11.4. The SMILES string of the molecule is COCCNC(=O)c1ccnc(Nc2cccc(C(F)(F)F)c2)c1. The molecule has 0 aliphatic carbocycles. The molecular formula is C16H16F3N3O2. The number of alkyl halides is 3. The van der Waals surface area contributed by atoms with Gasteiger partial charge in [-0.1, -0.05) is 6.07 Å². The van der Waals surface area contributed by atoms with Gasteiger partial charge in [-0.05, 0) is 30.3 Å². The number of carbonyl (C=O) groups excluding carboxylic acids is 1. The second-order valence-electron chi connectivity index (χ2n) is 4.88. The number of nitrogens with one attached hydrogen (secondary N) is 2. The van der Waals surface area contributed by atoms with E-state index in [0.717, 1.165) is 12.1 Å². The summed E-state index contributed by atoms with van der Waals surface area (Å²) >= 11 is 0. The summed E-state index contributed by atoms with van der Waals surface area (Å²) in [4.78, 5) is 15.9. The fraction of sp³-hybridized carbons (Fsp3) is 0.250. The molecule has 0 atom stereocenters. The minimum Gasteiger partial charge on any atom is -0.383 e. The standard InChI is InChI=1S/C16H16F3N3O2/c1-24-8-7-21-15(23)11-5-6-20-14(9-11)22-13-4-2-3-12(10-13)16(17,18)19/h2-6,9-10H,7-8H2,1H3,(H,20,22)(H,21,23). The first kappa shape index (κ1) is 17.7. The Morgan fingerprint density at radius 3 is 2.75 bits per heavy atom. The molecule has 8 heteroatoms. The van der Waals surface area contributed by atoms with Crippen LogP contribution in [0.15, 0.2) is 42.6 Å². The predicted molar refractivity (Wildman–Crippen MR) is 83.2 cm³/mol. The van der Waals surface area contributed by atoms with Gasteiger partial charge in [0.15, 0.2) is 0 Å². The topological polar surface area (TPSA) is 63.2 Å². The van der Waals surface area contributed by atoms with Crippen LogP contribution in [0.1, 0.15) is 15.9 Å². The number of halogens is 3. The van der Waals surface area contributed by atoms with Crippen LogP contribution in [0.5, 0.6) is 0 Å². The lowest BCUT2D eigenvalue weighted by Crippen LogP contribution is -2.27. The van der Waals surface area contributed by atoms with Gasteiger partial charge < -0.3 is 15.4 Å². The van der Waals surface area contributed by atoms with Crippen molar-refractivity contribution in [1.29, 1.82) is 0 Å². The number of anilines is 2. The van der Waals surface area contributed by atoms with Gasteiger partial charge in [0.1, 0.15) is 5.82 Å². The Hall–Kier alpha value is -2.61. The minimum absolute atomic E-state index is 0.231. The average Bonchev–Trinajstić information content (AvgIpc) is 2.55. The number of benzene rings is 1. The lowest BCUT2D eigenvalue weighted by Gasteiger charge is -2.11. The molecule has 1 aromatic heterocycles. The third-order valence-electron chi connectivity index (χ3n) is 3.08. The van der Waals surface area contributed by atoms with Gasteiger partial charge in [-0.15, -0.1) is 0 Å². The Kier molecular flexibility index (Phi) is 5.75. The smallest absolute Gasteiger partial charge is 0.383 e. The molecular weight excluding hydrogens is 323 g/mol. The highest BCUT2D eigenvalue weighted by Gasteiger charge is 2.30. The third kappa shape index (κ3) is 4.95. The maximum absolute atomic E-state index is 12.7. The molecule has 2 aromatic rings. The van der Waals surface area contributed by atoms with Gasteiger partial charge in [0.25, 0.3) is 5.91 Å². The van der Waals surface area contributed by atoms with Crippen LogP contribution in [0.4, 0.5) is 24.7 Å². The lowest BCUT2D eigenvalue weighted by molar-refractivity contribution is -0.137. The molecule has 0 aliphatic rings. The summed E-state index contributed by atoms with van der Waals surface area (Å²) < 4.78 is 43.0. The Morgan fingerprint density at radius 1 is 1.25 bits per heavy atom. The molecule has 0 saturated heterocycles. The van der Waals surface area contributed by atoms with Crippen molar-refractivity contribution in [1.82, 2.24) is 10.3 Å². The Bertz CT molecular complexity index is 705. The number of carbonyl (C=O) groups is 1. The third-order valence-corrected chi connectivity index (χ3v) is 3.08. The van der Waals surface area contributed by atoms with E-state index in [0.29, 0.717) is 18.7 Å². The fourth-order valence-electron chi connectivity index (χ4n) is 1.93. The maximum Gasteiger partial charge on any atom is 0.416 e. The van der Waals surface area contributed by atoms with E-state index in [1.807, 2.05) is 0 Å². The summed E-state index contributed by atoms with van der Waals surface area (Å²) in [6.45, 7) is 0.736. The number of pyridine rings is 1. The summed E-state index contributed by atoms with van der Waals surface area (Å²) in [7, 11) is 1.52. The molecule has 0 saturated carbocycles. The summed E-state index contributed by atoms with van der Waals surface area (Å²) in [5.41, 5.74) is -0.189. The van der Waals surface area contributed by atoms with Gasteiger partial charge >= 0.3 is 6.18 Å². The van der Waals surface area contributed by atoms with E-state index in [9.17, 15) is 18.0 Å². The number of hydrogen-bond donors (Lipinski definition) is 2. The number of nitrogens with zero attached hydrogens (tertiary/aromatic N) is 1. The van der Waals surface area contributed by atoms with Gasteiger partial charge in [-0.3, -0.25) is 4.79 Å². The van der Waals surface area contributed by atoms with Crippen LogP contribution >= 0.6 is 0 Å². The largest absolute Gasteiger partial charge is 0.416 e. The average molecular weight is 339 g/mol. The van der Waals surface area contributed by atoms with Gasteiger partial charge in [0.2, 0.25) is 0 Å². The molecule has 5 nitrogen and oxygen atoms in total. The number of rotatable bonds is 6. The molecule has 0 fully saturated rings. The maximum atomic E-state index is 12.7. The summed E-state index contributed by atoms with van der Waals surface area (Å²) in [5.74, 6) is -0.0461. The predicted octanol–water partition coefficient (Wildman–Crippen LogP) is 3.22. The molecule has 0 bridgehead atoms. The van der Waals surface area contributed by atoms with E-state index in [4.69, 9.17) is 4.74 Å². The molecule has 0 radical (unpaired) electrons. The summed E-state index contributed by atoms with van der Waals surface area (Å²) in [6, 6.07) is 7.72. The van der Waals surface area contributed by atoms with E-state index < -0.39 is 11.7 Å². The van der Waals surface area contributed by atoms with E-state index >= 15 is 0 Å². The molecule has 1 amide bonds. The van der Waals surface area contributed by atoms with Crippen LogP contribution in [-0.4, -0.2) is 31.2 Å². The summed E-state index contributed by atoms with van der Waals surface area (Å²) in [5, 5.41) is 5.41. The molecule has 128 valence electrons. The van der Waals surface area contributed by atoms with Gasteiger partial charge in [0, 0.05) is 31.1 Å². The van der Waals surface area contributed by atoms with Crippen molar-refractivity contribution in [2.45, 2.75) is 6.18 Å². The quantitative estimate of drug-likeness (QED) is 0.793. The number of amides is 1. The number of hydrogen-bond acceptors (Lipinski definition) is 4. The van der Waals surface area contributed by atoms with E-state index in [1.165, 1.54) is 37.6 Å². The van der Waals surface area contributed by atoms with Crippen molar-refractivity contribution in [3.8, 4) is 0 Å². The monoisotopic (exact) mass is 339 g/mol. The van der Waals surface area contributed by atoms with E-state index in [-0.39, 0.29) is 17.4 Å². The van der Waals surface area contributed by atoms with Crippen LogP contribution in [0.2, 0.25) is 0 Å². The van der Waals surface area contributed by atoms with Crippen molar-refractivity contribution < 1.29 is 22.7 Å². The number of ether oxygens (including phenoxy) is 1. The highest BCUT2D eigenvalue weighted by molar-refractivity contribution is 5.94. The molecule has 1 heterocycles. The van der Waals surface area contributed by atoms with Crippen LogP contribution in [0, 0.1) is 0 Å². The van der Waals surface area contributed by atoms with Crippen LogP contribution in [0.25, 0.3) is 0 Å². The van der Waals surface area contributed by atoms with Crippen LogP contribution in [-0.2, 0) is 10.9 Å². The van der Waals surface area contributed by atoms with Gasteiger partial charge in [-0.2, -0.15) is 13.2 Å². The number of methoxy groups -OCH3 is 1. The molecule has 2 N–H and O–H groups in total. The zero-order valence-corrected chi connectivity index (χ0v) is 12.9. The summed E-state index contributed by atoms with van der Waals surface area (Å²) in [6.07, 6.45) is -3.02. The molecule has 2 rings (SSSR count). The van der Waals surface area contributed by atoms with E-state index in [2.05, 4.69) is 15.6 Å². The molecule has 0 unspecified atom stereocenters. The van der Waals surface area contributed by atoms with Crippen molar-refractivity contribution in [3.05, 3.63) is 53.7 Å². The second-order valence-corrected chi connectivity index (χ2v) is 4.88. The Balaban J connectivity index is 2.11. The first-order valence-corrected chi connectivity index (χ1v) is 7.07. The van der Waals surface area contributed by atoms with Crippen molar-refractivity contribution in [2.24, 2.45) is 0 Å². The number of aromatic nitrogens is 1. The Morgan fingerprint density at radius 2 is 2.04 bits per heavy atom. The van der Waals surface area contributed by atoms with Gasteiger partial charge in [0.05, 0.1) is 12.2 Å². The highest BCUT2D eigenvalue weighted by atomic mass is 19.4. The zero-order valence-electron chi connectivity index (χ0n) is 12.9. The van der Waals surface area contributed by atoms with Crippen LogP contribution in [0.3, 0.4) is 0 Å². The first-order valence-electron chi connectivity index (χ1n) is 7.07. The van der Waals surface area contributed by atoms with E-state index in [1.54, 1.807) is 0 Å². The van der Waals surface area contributed by atoms with Crippen molar-refractivity contribution >= 4 is 17.4 Å². The fourth-order valence-corrected chi connectivity index (χ4v) is 1.93. The van der Waals surface area contributed by atoms with Crippen LogP contribution < -0.4 is 10.6 Å². The minimum atomic E-state index is -4.42. The zero-order chi connectivity index (χ0) is 17.6. The highest BCUT2D eigenvalue weighted by Crippen LogP contribution is 2.31. The molecule has 1 aromatic carbocycles. The van der Waals surface area contributed by atoms with Crippen molar-refractivity contribution in [2.75, 3.05) is 25.6 Å². The molecule has 0 aliphatic heterocycles. The van der Waals surface area contributed by atoms with Crippen molar-refractivity contribution in [3.63, 3.8) is 0 Å².